The molecule has 3 aromatic rings. The van der Waals surface area contributed by atoms with Gasteiger partial charge in [-0.05, 0) is 37.2 Å². The fraction of sp³-hybridized carbons (Fsp3) is 0.480. The Balaban J connectivity index is 1.42. The van der Waals surface area contributed by atoms with Crippen LogP contribution in [0.1, 0.15) is 32.1 Å². The van der Waals surface area contributed by atoms with Crippen LogP contribution in [-0.4, -0.2) is 57.1 Å². The van der Waals surface area contributed by atoms with Crippen molar-refractivity contribution in [1.29, 1.82) is 0 Å². The van der Waals surface area contributed by atoms with E-state index in [0.717, 1.165) is 57.3 Å². The zero-order valence-corrected chi connectivity index (χ0v) is 21.1. The van der Waals surface area contributed by atoms with Crippen molar-refractivity contribution in [3.05, 3.63) is 36.8 Å². The summed E-state index contributed by atoms with van der Waals surface area (Å²) in [7, 11) is 3.47. The number of amides is 1. The first-order chi connectivity index (χ1) is 18.1. The van der Waals surface area contributed by atoms with E-state index in [9.17, 15) is 18.0 Å². The molecule has 3 aromatic heterocycles. The first-order valence-corrected chi connectivity index (χ1v) is 12.4. The fourth-order valence-corrected chi connectivity index (χ4v) is 5.51. The van der Waals surface area contributed by atoms with Crippen molar-refractivity contribution in [1.82, 2.24) is 30.0 Å². The smallest absolute Gasteiger partial charge is 0.406 e. The second-order valence-electron chi connectivity index (χ2n) is 9.97. The lowest BCUT2D eigenvalue weighted by atomic mass is 9.69. The van der Waals surface area contributed by atoms with Gasteiger partial charge in [-0.3, -0.25) is 9.48 Å². The number of aryl methyl sites for hydroxylation is 1. The highest BCUT2D eigenvalue weighted by Crippen LogP contribution is 2.47. The van der Waals surface area contributed by atoms with Gasteiger partial charge in [0.1, 0.15) is 23.2 Å². The number of carbonyl (C=O) groups excluding carboxylic acids is 1. The molecule has 10 nitrogen and oxygen atoms in total. The molecule has 0 aromatic carbocycles. The van der Waals surface area contributed by atoms with Crippen LogP contribution in [0, 0.1) is 11.3 Å². The minimum atomic E-state index is -4.81. The minimum absolute atomic E-state index is 0.0135. The van der Waals surface area contributed by atoms with Crippen LogP contribution in [0.25, 0.3) is 11.4 Å². The maximum absolute atomic E-state index is 12.7. The molecule has 1 amide bonds. The monoisotopic (exact) mass is 530 g/mol. The highest BCUT2D eigenvalue weighted by molar-refractivity contribution is 5.78. The topological polar surface area (TPSA) is 110 Å². The van der Waals surface area contributed by atoms with Crippen LogP contribution in [0.15, 0.2) is 36.8 Å². The molecule has 38 heavy (non-hydrogen) atoms. The number of hydrogen-bond donors (Lipinski definition) is 2. The highest BCUT2D eigenvalue weighted by Gasteiger charge is 2.44. The van der Waals surface area contributed by atoms with Crippen LogP contribution < -0.4 is 20.3 Å². The third-order valence-corrected chi connectivity index (χ3v) is 7.22. The van der Waals surface area contributed by atoms with Crippen molar-refractivity contribution in [2.75, 3.05) is 30.4 Å². The van der Waals surface area contributed by atoms with E-state index < -0.39 is 6.36 Å². The van der Waals surface area contributed by atoms with Gasteiger partial charge in [0.25, 0.3) is 0 Å². The van der Waals surface area contributed by atoms with Gasteiger partial charge in [0.15, 0.2) is 5.82 Å². The van der Waals surface area contributed by atoms with Gasteiger partial charge in [-0.2, -0.15) is 5.10 Å². The Morgan fingerprint density at radius 2 is 2.05 bits per heavy atom. The summed E-state index contributed by atoms with van der Waals surface area (Å²) in [6, 6.07) is 4.05. The van der Waals surface area contributed by atoms with Gasteiger partial charge in [-0.15, -0.1) is 13.2 Å². The number of anilines is 3. The molecule has 2 fully saturated rings. The highest BCUT2D eigenvalue weighted by atomic mass is 19.4. The second kappa shape index (κ2) is 10.1. The molecule has 1 spiro atoms. The number of alkyl halides is 3. The summed E-state index contributed by atoms with van der Waals surface area (Å²) in [6.45, 7) is 1.53. The van der Waals surface area contributed by atoms with Crippen LogP contribution in [0.2, 0.25) is 0 Å². The maximum atomic E-state index is 12.7. The van der Waals surface area contributed by atoms with Gasteiger partial charge in [0.2, 0.25) is 5.91 Å². The summed E-state index contributed by atoms with van der Waals surface area (Å²) in [5.41, 5.74) is 0.735. The molecule has 0 bridgehead atoms. The molecule has 1 saturated heterocycles. The predicted octanol–water partition coefficient (Wildman–Crippen LogP) is 4.05. The molecule has 13 heteroatoms. The molecule has 4 heterocycles. The van der Waals surface area contributed by atoms with E-state index in [4.69, 9.17) is 4.98 Å². The van der Waals surface area contributed by atoms with Crippen molar-refractivity contribution >= 4 is 23.4 Å². The van der Waals surface area contributed by atoms with Gasteiger partial charge in [-0.25, -0.2) is 15.0 Å². The number of halogens is 3. The molecular weight excluding hydrogens is 501 g/mol. The van der Waals surface area contributed by atoms with Gasteiger partial charge >= 0.3 is 6.36 Å². The standard InChI is InChI=1S/C25H29F3N8O2/c1-29-23(37)16-4-3-6-24(12-16)7-9-36(15-24)21-11-20(33-22(34-21)17-13-31-35(2)14-17)32-19-10-18(5-8-30-19)38-25(26,27)28/h5,8,10-11,13-14,16H,3-4,6-7,9,12,15H2,1-2H3,(H,29,37)(H,30,32,33,34). The molecule has 5 rings (SSSR count). The Labute approximate surface area is 217 Å². The zero-order valence-electron chi connectivity index (χ0n) is 21.1. The number of aromatic nitrogens is 5. The Hall–Kier alpha value is -3.90. The van der Waals surface area contributed by atoms with Crippen molar-refractivity contribution in [3.8, 4) is 17.1 Å². The van der Waals surface area contributed by atoms with Crippen molar-refractivity contribution in [2.45, 2.75) is 38.5 Å². The molecule has 0 radical (unpaired) electrons. The molecule has 202 valence electrons. The molecular formula is C25H29F3N8O2. The third kappa shape index (κ3) is 5.81. The number of nitrogens with zero attached hydrogens (tertiary/aromatic N) is 6. The van der Waals surface area contributed by atoms with Crippen LogP contribution in [0.3, 0.4) is 0 Å². The van der Waals surface area contributed by atoms with Gasteiger partial charge in [0.05, 0.1) is 11.8 Å². The van der Waals surface area contributed by atoms with E-state index in [2.05, 4.69) is 35.3 Å². The molecule has 1 aliphatic carbocycles. The summed E-state index contributed by atoms with van der Waals surface area (Å²) in [6.07, 6.45) is 4.61. The van der Waals surface area contributed by atoms with Crippen LogP contribution in [0.5, 0.6) is 5.75 Å². The summed E-state index contributed by atoms with van der Waals surface area (Å²) < 4.78 is 43.7. The lowest BCUT2D eigenvalue weighted by molar-refractivity contribution is -0.274. The first kappa shape index (κ1) is 25.7. The third-order valence-electron chi connectivity index (χ3n) is 7.22. The van der Waals surface area contributed by atoms with Gasteiger partial charge < -0.3 is 20.3 Å². The maximum Gasteiger partial charge on any atom is 0.573 e. The van der Waals surface area contributed by atoms with E-state index in [1.807, 2.05) is 0 Å². The zero-order chi connectivity index (χ0) is 26.9. The summed E-state index contributed by atoms with van der Waals surface area (Å²) in [4.78, 5) is 28.0. The first-order valence-electron chi connectivity index (χ1n) is 12.4. The Kier molecular flexibility index (Phi) is 6.84. The summed E-state index contributed by atoms with van der Waals surface area (Å²) in [5.74, 6) is 1.35. The van der Waals surface area contributed by atoms with Crippen molar-refractivity contribution in [2.24, 2.45) is 18.4 Å². The van der Waals surface area contributed by atoms with Crippen LogP contribution in [-0.2, 0) is 11.8 Å². The normalized spacial score (nSPS) is 21.5. The number of pyridine rings is 1. The van der Waals surface area contributed by atoms with E-state index in [1.165, 1.54) is 6.20 Å². The Bertz CT molecular complexity index is 1310. The Morgan fingerprint density at radius 3 is 2.79 bits per heavy atom. The van der Waals surface area contributed by atoms with Crippen LogP contribution in [0.4, 0.5) is 30.6 Å². The van der Waals surface area contributed by atoms with Crippen molar-refractivity contribution < 1.29 is 22.7 Å². The lowest BCUT2D eigenvalue weighted by Crippen LogP contribution is -2.38. The SMILES string of the molecule is CNC(=O)C1CCCC2(CCN(c3cc(Nc4cc(OC(F)(F)F)ccn4)nc(-c4cnn(C)c4)n3)C2)C1. The molecule has 2 N–H and O–H groups in total. The van der Waals surface area contributed by atoms with E-state index in [-0.39, 0.29) is 28.8 Å². The molecule has 2 atom stereocenters. The largest absolute Gasteiger partial charge is 0.573 e. The van der Waals surface area contributed by atoms with E-state index in [1.54, 1.807) is 37.2 Å². The second-order valence-corrected chi connectivity index (χ2v) is 9.97. The van der Waals surface area contributed by atoms with Crippen LogP contribution >= 0.6 is 0 Å². The molecule has 2 unspecified atom stereocenters. The quantitative estimate of drug-likeness (QED) is 0.491. The average molecular weight is 531 g/mol. The Morgan fingerprint density at radius 1 is 1.21 bits per heavy atom. The van der Waals surface area contributed by atoms with Gasteiger partial charge in [-0.1, -0.05) is 6.42 Å². The fourth-order valence-electron chi connectivity index (χ4n) is 5.51. The molecule has 1 saturated carbocycles. The average Bonchev–Trinajstić information content (AvgIpc) is 3.49. The number of rotatable bonds is 6. The number of nitrogens with one attached hydrogen (secondary N) is 2. The number of ether oxygens (including phenoxy) is 1. The minimum Gasteiger partial charge on any atom is -0.406 e. The van der Waals surface area contributed by atoms with E-state index >= 15 is 0 Å². The lowest BCUT2D eigenvalue weighted by Gasteiger charge is -2.37. The number of carbonyl (C=O) groups is 1. The number of hydrogen-bond acceptors (Lipinski definition) is 8. The summed E-state index contributed by atoms with van der Waals surface area (Å²) >= 11 is 0. The predicted molar refractivity (Wildman–Crippen MR) is 134 cm³/mol. The van der Waals surface area contributed by atoms with Gasteiger partial charge in [0, 0.05) is 57.6 Å². The summed E-state index contributed by atoms with van der Waals surface area (Å²) in [5, 5.41) is 10.00. The molecule has 2 aliphatic rings. The van der Waals surface area contributed by atoms with Crippen molar-refractivity contribution in [3.63, 3.8) is 0 Å². The molecule has 1 aliphatic heterocycles. The van der Waals surface area contributed by atoms with E-state index in [0.29, 0.717) is 23.0 Å².